The van der Waals surface area contributed by atoms with E-state index in [1.165, 1.54) is 11.1 Å². The van der Waals surface area contributed by atoms with Crippen LogP contribution in [0.5, 0.6) is 23.0 Å². The lowest BCUT2D eigenvalue weighted by molar-refractivity contribution is 0.283. The Morgan fingerprint density at radius 3 is 1.92 bits per heavy atom. The molecule has 1 aliphatic heterocycles. The molecular weight excluding hydrogens is 450 g/mol. The van der Waals surface area contributed by atoms with Gasteiger partial charge in [0, 0.05) is 6.54 Å². The Morgan fingerprint density at radius 1 is 0.667 bits per heavy atom. The van der Waals surface area contributed by atoms with Crippen LogP contribution < -0.4 is 24.3 Å². The Kier molecular flexibility index (Phi) is 7.39. The van der Waals surface area contributed by atoms with Crippen molar-refractivity contribution in [1.29, 1.82) is 0 Å². The highest BCUT2D eigenvalue weighted by molar-refractivity contribution is 5.53. The molecule has 5 heteroatoms. The molecule has 4 aromatic rings. The molecule has 0 saturated heterocycles. The van der Waals surface area contributed by atoms with Crippen LogP contribution in [0.25, 0.3) is 0 Å². The number of benzene rings is 4. The SMILES string of the molecule is COc1cc(C2NCCc3cc(OC)c(OCc4ccccc4)cc32)ccc1OCc1ccccc1. The second kappa shape index (κ2) is 11.2. The Bertz CT molecular complexity index is 1290. The third-order valence-corrected chi connectivity index (χ3v) is 6.47. The van der Waals surface area contributed by atoms with E-state index >= 15 is 0 Å². The molecule has 1 aliphatic rings. The second-order valence-electron chi connectivity index (χ2n) is 8.80. The highest BCUT2D eigenvalue weighted by atomic mass is 16.5. The van der Waals surface area contributed by atoms with Crippen LogP contribution >= 0.6 is 0 Å². The van der Waals surface area contributed by atoms with Crippen LogP contribution in [0.4, 0.5) is 0 Å². The van der Waals surface area contributed by atoms with Gasteiger partial charge in [0.1, 0.15) is 13.2 Å². The highest BCUT2D eigenvalue weighted by Crippen LogP contribution is 2.40. The topological polar surface area (TPSA) is 49.0 Å². The molecule has 1 unspecified atom stereocenters. The van der Waals surface area contributed by atoms with Crippen molar-refractivity contribution in [1.82, 2.24) is 5.32 Å². The fourth-order valence-corrected chi connectivity index (χ4v) is 4.59. The number of methoxy groups -OCH3 is 2. The summed E-state index contributed by atoms with van der Waals surface area (Å²) in [6.45, 7) is 1.85. The maximum absolute atomic E-state index is 6.20. The molecule has 5 rings (SSSR count). The molecule has 4 aromatic carbocycles. The smallest absolute Gasteiger partial charge is 0.162 e. The molecule has 36 heavy (non-hydrogen) atoms. The summed E-state index contributed by atoms with van der Waals surface area (Å²) < 4.78 is 23.7. The summed E-state index contributed by atoms with van der Waals surface area (Å²) in [5, 5.41) is 3.67. The van der Waals surface area contributed by atoms with E-state index in [0.29, 0.717) is 19.0 Å². The van der Waals surface area contributed by atoms with Crippen LogP contribution in [0.15, 0.2) is 91.0 Å². The van der Waals surface area contributed by atoms with Gasteiger partial charge < -0.3 is 24.3 Å². The molecular formula is C31H31NO4. The van der Waals surface area contributed by atoms with Gasteiger partial charge in [-0.25, -0.2) is 0 Å². The second-order valence-corrected chi connectivity index (χ2v) is 8.80. The van der Waals surface area contributed by atoms with E-state index in [0.717, 1.165) is 46.9 Å². The van der Waals surface area contributed by atoms with E-state index in [1.54, 1.807) is 14.2 Å². The quantitative estimate of drug-likeness (QED) is 0.313. The summed E-state index contributed by atoms with van der Waals surface area (Å²) in [5.41, 5.74) is 5.78. The van der Waals surface area contributed by atoms with Gasteiger partial charge in [0.05, 0.1) is 20.3 Å². The van der Waals surface area contributed by atoms with Crippen LogP contribution in [-0.4, -0.2) is 20.8 Å². The number of ether oxygens (including phenoxy) is 4. The largest absolute Gasteiger partial charge is 0.493 e. The van der Waals surface area contributed by atoms with Gasteiger partial charge >= 0.3 is 0 Å². The van der Waals surface area contributed by atoms with Crippen LogP contribution in [0.1, 0.15) is 33.9 Å². The van der Waals surface area contributed by atoms with E-state index in [1.807, 2.05) is 42.5 Å². The predicted molar refractivity (Wildman–Crippen MR) is 141 cm³/mol. The third-order valence-electron chi connectivity index (χ3n) is 6.47. The first-order valence-corrected chi connectivity index (χ1v) is 12.2. The Morgan fingerprint density at radius 2 is 1.28 bits per heavy atom. The molecule has 0 saturated carbocycles. The summed E-state index contributed by atoms with van der Waals surface area (Å²) in [6, 6.07) is 30.7. The zero-order chi connectivity index (χ0) is 24.7. The van der Waals surface area contributed by atoms with Gasteiger partial charge in [0.25, 0.3) is 0 Å². The molecule has 184 valence electrons. The first-order valence-electron chi connectivity index (χ1n) is 12.2. The van der Waals surface area contributed by atoms with Gasteiger partial charge in [-0.1, -0.05) is 66.7 Å². The molecule has 0 radical (unpaired) electrons. The molecule has 0 aromatic heterocycles. The lowest BCUT2D eigenvalue weighted by Crippen LogP contribution is -2.30. The average molecular weight is 482 g/mol. The molecule has 1 N–H and O–H groups in total. The van der Waals surface area contributed by atoms with Crippen LogP contribution in [0.3, 0.4) is 0 Å². The number of rotatable bonds is 9. The first-order chi connectivity index (χ1) is 17.7. The minimum absolute atomic E-state index is 0.0100. The van der Waals surface area contributed by atoms with E-state index in [9.17, 15) is 0 Å². The van der Waals surface area contributed by atoms with Crippen molar-refractivity contribution in [2.24, 2.45) is 0 Å². The molecule has 1 atom stereocenters. The zero-order valence-corrected chi connectivity index (χ0v) is 20.7. The Labute approximate surface area is 212 Å². The fourth-order valence-electron chi connectivity index (χ4n) is 4.59. The minimum Gasteiger partial charge on any atom is -0.493 e. The summed E-state index contributed by atoms with van der Waals surface area (Å²) in [6.07, 6.45) is 0.927. The van der Waals surface area contributed by atoms with Gasteiger partial charge in [-0.3, -0.25) is 0 Å². The zero-order valence-electron chi connectivity index (χ0n) is 20.7. The molecule has 0 spiro atoms. The van der Waals surface area contributed by atoms with Gasteiger partial charge in [0.2, 0.25) is 0 Å². The van der Waals surface area contributed by atoms with Crippen LogP contribution in [-0.2, 0) is 19.6 Å². The molecule has 0 fully saturated rings. The van der Waals surface area contributed by atoms with Crippen molar-refractivity contribution < 1.29 is 18.9 Å². The third kappa shape index (κ3) is 5.31. The first kappa shape index (κ1) is 23.8. The van der Waals surface area contributed by atoms with Gasteiger partial charge in [-0.05, 0) is 58.5 Å². The lowest BCUT2D eigenvalue weighted by Gasteiger charge is -2.29. The highest BCUT2D eigenvalue weighted by Gasteiger charge is 2.25. The van der Waals surface area contributed by atoms with Crippen molar-refractivity contribution in [3.63, 3.8) is 0 Å². The number of hydrogen-bond acceptors (Lipinski definition) is 5. The van der Waals surface area contributed by atoms with E-state index in [2.05, 4.69) is 53.8 Å². The van der Waals surface area contributed by atoms with Crippen LogP contribution in [0, 0.1) is 0 Å². The molecule has 0 amide bonds. The summed E-state index contributed by atoms with van der Waals surface area (Å²) in [4.78, 5) is 0. The standard InChI is InChI=1S/C31H31NO4/c1-33-28-18-25(13-14-27(28)35-20-22-9-5-3-6-10-22)31-26-19-30(36-21-23-11-7-4-8-12-23)29(34-2)17-24(26)15-16-32-31/h3-14,17-19,31-32H,15-16,20-21H2,1-2H3. The van der Waals surface area contributed by atoms with Gasteiger partial charge in [-0.15, -0.1) is 0 Å². The summed E-state index contributed by atoms with van der Waals surface area (Å²) in [7, 11) is 3.37. The fraction of sp³-hybridized carbons (Fsp3) is 0.226. The normalized spacial score (nSPS) is 14.6. The number of hydrogen-bond donors (Lipinski definition) is 1. The van der Waals surface area contributed by atoms with Crippen molar-refractivity contribution in [3.05, 3.63) is 119 Å². The Hall–Kier alpha value is -3.96. The van der Waals surface area contributed by atoms with Crippen molar-refractivity contribution in [2.75, 3.05) is 20.8 Å². The van der Waals surface area contributed by atoms with Crippen molar-refractivity contribution >= 4 is 0 Å². The molecule has 0 bridgehead atoms. The molecule has 1 heterocycles. The maximum atomic E-state index is 6.20. The average Bonchev–Trinajstić information content (AvgIpc) is 2.95. The van der Waals surface area contributed by atoms with E-state index in [-0.39, 0.29) is 6.04 Å². The van der Waals surface area contributed by atoms with Gasteiger partial charge in [0.15, 0.2) is 23.0 Å². The number of fused-ring (bicyclic) bond motifs is 1. The van der Waals surface area contributed by atoms with E-state index < -0.39 is 0 Å². The molecule has 5 nitrogen and oxygen atoms in total. The lowest BCUT2D eigenvalue weighted by atomic mass is 9.89. The van der Waals surface area contributed by atoms with E-state index in [4.69, 9.17) is 18.9 Å². The molecule has 0 aliphatic carbocycles. The monoisotopic (exact) mass is 481 g/mol. The van der Waals surface area contributed by atoms with Crippen LogP contribution in [0.2, 0.25) is 0 Å². The summed E-state index contributed by atoms with van der Waals surface area (Å²) >= 11 is 0. The van der Waals surface area contributed by atoms with Crippen molar-refractivity contribution in [2.45, 2.75) is 25.7 Å². The van der Waals surface area contributed by atoms with Gasteiger partial charge in [-0.2, -0.15) is 0 Å². The summed E-state index contributed by atoms with van der Waals surface area (Å²) in [5.74, 6) is 2.94. The number of nitrogens with one attached hydrogen (secondary N) is 1. The van der Waals surface area contributed by atoms with Crippen molar-refractivity contribution in [3.8, 4) is 23.0 Å². The Balaban J connectivity index is 1.40. The minimum atomic E-state index is 0.0100. The predicted octanol–water partition coefficient (Wildman–Crippen LogP) is 6.10. The maximum Gasteiger partial charge on any atom is 0.162 e.